The highest BCUT2D eigenvalue weighted by atomic mass is 16.5. The third kappa shape index (κ3) is 4.05. The third-order valence-electron chi connectivity index (χ3n) is 7.50. The topological polar surface area (TPSA) is 124 Å². The number of nitrogens with one attached hydrogen (secondary N) is 2. The van der Waals surface area contributed by atoms with E-state index < -0.39 is 6.04 Å². The number of carbonyl (C=O) groups is 2. The largest absolute Gasteiger partial charge is 0.497 e. The molecule has 0 aliphatic carbocycles. The Hall–Kier alpha value is -3.66. The van der Waals surface area contributed by atoms with Gasteiger partial charge in [-0.05, 0) is 37.0 Å². The van der Waals surface area contributed by atoms with Crippen molar-refractivity contribution in [3.63, 3.8) is 0 Å². The number of amides is 3. The van der Waals surface area contributed by atoms with Gasteiger partial charge in [-0.25, -0.2) is 9.78 Å². The predicted octanol–water partition coefficient (Wildman–Crippen LogP) is 2.61. The maximum absolute atomic E-state index is 13.2. The molecule has 0 saturated carbocycles. The van der Waals surface area contributed by atoms with Crippen LogP contribution in [0, 0.1) is 0 Å². The van der Waals surface area contributed by atoms with Crippen molar-refractivity contribution < 1.29 is 19.4 Å². The summed E-state index contributed by atoms with van der Waals surface area (Å²) in [6, 6.07) is 5.26. The van der Waals surface area contributed by atoms with Crippen LogP contribution in [-0.4, -0.2) is 81.7 Å². The van der Waals surface area contributed by atoms with Gasteiger partial charge >= 0.3 is 6.03 Å². The van der Waals surface area contributed by atoms with Crippen LogP contribution in [0.25, 0.3) is 10.9 Å². The number of aliphatic hydroxyl groups is 1. The van der Waals surface area contributed by atoms with E-state index in [1.165, 1.54) is 12.4 Å². The van der Waals surface area contributed by atoms with Gasteiger partial charge in [-0.3, -0.25) is 9.78 Å². The van der Waals surface area contributed by atoms with Crippen molar-refractivity contribution in [2.75, 3.05) is 39.9 Å². The van der Waals surface area contributed by atoms with Crippen molar-refractivity contribution in [1.29, 1.82) is 0 Å². The van der Waals surface area contributed by atoms with Crippen molar-refractivity contribution in [3.05, 3.63) is 53.7 Å². The molecule has 2 aromatic heterocycles. The number of hydrogen-bond donors (Lipinski definition) is 3. The van der Waals surface area contributed by atoms with Crippen LogP contribution < -0.4 is 10.1 Å². The molecule has 3 amide bonds. The zero-order valence-electron chi connectivity index (χ0n) is 20.7. The number of benzene rings is 1. The summed E-state index contributed by atoms with van der Waals surface area (Å²) in [5, 5.41) is 14.4. The van der Waals surface area contributed by atoms with Gasteiger partial charge in [-0.2, -0.15) is 0 Å². The number of aromatic amines is 1. The van der Waals surface area contributed by atoms with Crippen LogP contribution in [0.1, 0.15) is 54.0 Å². The third-order valence-corrected chi connectivity index (χ3v) is 7.50. The van der Waals surface area contributed by atoms with E-state index >= 15 is 0 Å². The maximum Gasteiger partial charge on any atom is 0.318 e. The average molecular weight is 493 g/mol. The number of nitrogens with zero attached hydrogens (tertiary/aromatic N) is 4. The molecular weight excluding hydrogens is 460 g/mol. The SMILES string of the molecule is CCCNC(=O)N1CC2(CCN(C(=O)c3cnccn3)CC2)c2c([nH]c3cc(OC)ccc23)[C@H]1CO. The van der Waals surface area contributed by atoms with Gasteiger partial charge in [-0.1, -0.05) is 6.92 Å². The molecule has 2 aliphatic rings. The lowest BCUT2D eigenvalue weighted by atomic mass is 9.68. The minimum atomic E-state index is -0.486. The van der Waals surface area contributed by atoms with Crippen molar-refractivity contribution in [2.45, 2.75) is 37.6 Å². The molecule has 1 spiro atoms. The van der Waals surface area contributed by atoms with Crippen LogP contribution in [0.5, 0.6) is 5.75 Å². The molecule has 2 aliphatic heterocycles. The van der Waals surface area contributed by atoms with Gasteiger partial charge in [0.2, 0.25) is 0 Å². The second kappa shape index (κ2) is 9.77. The number of hydrogen-bond acceptors (Lipinski definition) is 6. The first-order valence-electron chi connectivity index (χ1n) is 12.4. The Bertz CT molecular complexity index is 1250. The number of carbonyl (C=O) groups excluding carboxylic acids is 2. The van der Waals surface area contributed by atoms with Gasteiger partial charge in [0.1, 0.15) is 11.4 Å². The Morgan fingerprint density at radius 1 is 1.28 bits per heavy atom. The molecule has 1 aromatic carbocycles. The van der Waals surface area contributed by atoms with E-state index in [0.717, 1.165) is 34.3 Å². The van der Waals surface area contributed by atoms with Crippen molar-refractivity contribution >= 4 is 22.8 Å². The van der Waals surface area contributed by atoms with Crippen LogP contribution in [0.2, 0.25) is 0 Å². The Morgan fingerprint density at radius 2 is 2.08 bits per heavy atom. The van der Waals surface area contributed by atoms with Crippen LogP contribution >= 0.6 is 0 Å². The number of ether oxygens (including phenoxy) is 1. The molecule has 3 N–H and O–H groups in total. The van der Waals surface area contributed by atoms with Crippen LogP contribution in [0.15, 0.2) is 36.8 Å². The quantitative estimate of drug-likeness (QED) is 0.503. The smallest absolute Gasteiger partial charge is 0.318 e. The van der Waals surface area contributed by atoms with Gasteiger partial charge in [-0.15, -0.1) is 0 Å². The van der Waals surface area contributed by atoms with E-state index in [9.17, 15) is 14.7 Å². The van der Waals surface area contributed by atoms with Crippen molar-refractivity contribution in [2.24, 2.45) is 0 Å². The maximum atomic E-state index is 13.2. The summed E-state index contributed by atoms with van der Waals surface area (Å²) in [5.41, 5.74) is 2.86. The molecule has 1 saturated heterocycles. The highest BCUT2D eigenvalue weighted by molar-refractivity contribution is 5.92. The molecule has 5 rings (SSSR count). The molecule has 0 bridgehead atoms. The van der Waals surface area contributed by atoms with E-state index in [1.54, 1.807) is 18.2 Å². The summed E-state index contributed by atoms with van der Waals surface area (Å²) in [6.45, 7) is 3.92. The van der Waals surface area contributed by atoms with Gasteiger partial charge < -0.3 is 29.9 Å². The lowest BCUT2D eigenvalue weighted by Gasteiger charge is -2.50. The number of rotatable bonds is 5. The Labute approximate surface area is 209 Å². The molecule has 0 radical (unpaired) electrons. The summed E-state index contributed by atoms with van der Waals surface area (Å²) >= 11 is 0. The van der Waals surface area contributed by atoms with Gasteiger partial charge in [0.05, 0.1) is 26.0 Å². The number of piperidine rings is 1. The van der Waals surface area contributed by atoms with Gasteiger partial charge in [0, 0.05) is 66.7 Å². The number of aliphatic hydroxyl groups excluding tert-OH is 1. The summed E-state index contributed by atoms with van der Waals surface area (Å²) < 4.78 is 5.43. The van der Waals surface area contributed by atoms with Crippen LogP contribution in [0.3, 0.4) is 0 Å². The Balaban J connectivity index is 1.54. The number of urea groups is 1. The molecule has 4 heterocycles. The van der Waals surface area contributed by atoms with Gasteiger partial charge in [0.15, 0.2) is 0 Å². The number of methoxy groups -OCH3 is 1. The number of aromatic nitrogens is 3. The normalized spacial score (nSPS) is 18.8. The first-order chi connectivity index (χ1) is 17.5. The van der Waals surface area contributed by atoms with Crippen molar-refractivity contribution in [1.82, 2.24) is 30.1 Å². The minimum absolute atomic E-state index is 0.136. The number of fused-ring (bicyclic) bond motifs is 4. The van der Waals surface area contributed by atoms with E-state index in [1.807, 2.05) is 30.0 Å². The zero-order valence-corrected chi connectivity index (χ0v) is 20.7. The molecule has 1 atom stereocenters. The first-order valence-corrected chi connectivity index (χ1v) is 12.4. The number of likely N-dealkylation sites (tertiary alicyclic amines) is 1. The molecular formula is C26H32N6O4. The van der Waals surface area contributed by atoms with E-state index in [4.69, 9.17) is 4.74 Å². The van der Waals surface area contributed by atoms with E-state index in [-0.39, 0.29) is 24.0 Å². The molecule has 0 unspecified atom stereocenters. The highest BCUT2D eigenvalue weighted by Crippen LogP contribution is 2.49. The summed E-state index contributed by atoms with van der Waals surface area (Å²) in [7, 11) is 1.63. The molecule has 1 fully saturated rings. The van der Waals surface area contributed by atoms with E-state index in [0.29, 0.717) is 44.7 Å². The molecule has 10 nitrogen and oxygen atoms in total. The molecule has 36 heavy (non-hydrogen) atoms. The fraction of sp³-hybridized carbons (Fsp3) is 0.462. The molecule has 190 valence electrons. The fourth-order valence-electron chi connectivity index (χ4n) is 5.67. The Kier molecular flexibility index (Phi) is 6.53. The second-order valence-electron chi connectivity index (χ2n) is 9.55. The summed E-state index contributed by atoms with van der Waals surface area (Å²) in [4.78, 5) is 41.5. The standard InChI is InChI=1S/C26H32N6O4/c1-3-8-29-25(35)32-16-26(6-11-31(12-7-26)24(34)20-14-27-9-10-28-20)22-18-5-4-17(36-2)13-19(18)30-23(22)21(32)15-33/h4-5,9-10,13-14,21,30,33H,3,6-8,11-12,15-16H2,1-2H3,(H,29,35)/t21-/m1/s1. The number of H-pyrrole nitrogens is 1. The fourth-order valence-corrected chi connectivity index (χ4v) is 5.67. The van der Waals surface area contributed by atoms with Crippen molar-refractivity contribution in [3.8, 4) is 5.75 Å². The zero-order chi connectivity index (χ0) is 25.3. The lowest BCUT2D eigenvalue weighted by Crippen LogP contribution is -2.57. The lowest BCUT2D eigenvalue weighted by molar-refractivity contribution is 0.0523. The monoisotopic (exact) mass is 492 g/mol. The Morgan fingerprint density at radius 3 is 2.75 bits per heavy atom. The molecule has 10 heteroatoms. The highest BCUT2D eigenvalue weighted by Gasteiger charge is 2.49. The van der Waals surface area contributed by atoms with Crippen LogP contribution in [-0.2, 0) is 5.41 Å². The average Bonchev–Trinajstić information content (AvgIpc) is 3.31. The van der Waals surface area contributed by atoms with E-state index in [2.05, 4.69) is 20.3 Å². The second-order valence-corrected chi connectivity index (χ2v) is 9.55. The predicted molar refractivity (Wildman–Crippen MR) is 134 cm³/mol. The first kappa shape index (κ1) is 24.1. The molecule has 3 aromatic rings. The minimum Gasteiger partial charge on any atom is -0.497 e. The summed E-state index contributed by atoms with van der Waals surface area (Å²) in [6.07, 6.45) is 6.75. The van der Waals surface area contributed by atoms with Crippen LogP contribution in [0.4, 0.5) is 4.79 Å². The van der Waals surface area contributed by atoms with Gasteiger partial charge in [0.25, 0.3) is 5.91 Å². The summed E-state index contributed by atoms with van der Waals surface area (Å²) in [5.74, 6) is 0.598.